The molecule has 0 spiro atoms. The fraction of sp³-hybridized carbons (Fsp3) is 0.471. The van der Waals surface area contributed by atoms with Crippen LogP contribution < -0.4 is 4.74 Å². The molecule has 1 aliphatic rings. The summed E-state index contributed by atoms with van der Waals surface area (Å²) in [6.07, 6.45) is 3.60. The van der Waals surface area contributed by atoms with E-state index in [0.29, 0.717) is 12.3 Å². The van der Waals surface area contributed by atoms with Gasteiger partial charge in [0.2, 0.25) is 5.88 Å². The Balaban J connectivity index is 1.85. The van der Waals surface area contributed by atoms with Gasteiger partial charge in [-0.2, -0.15) is 5.10 Å². The van der Waals surface area contributed by atoms with Gasteiger partial charge in [-0.15, -0.1) is 0 Å². The fourth-order valence-corrected chi connectivity index (χ4v) is 3.36. The van der Waals surface area contributed by atoms with Crippen LogP contribution in [0.2, 0.25) is 0 Å². The first-order chi connectivity index (χ1) is 10.1. The predicted molar refractivity (Wildman–Crippen MR) is 81.6 cm³/mol. The molecule has 4 heteroatoms. The number of ether oxygens (including phenoxy) is 1. The van der Waals surface area contributed by atoms with E-state index >= 15 is 0 Å². The Morgan fingerprint density at radius 3 is 2.86 bits per heavy atom. The van der Waals surface area contributed by atoms with Crippen LogP contribution >= 0.6 is 0 Å². The van der Waals surface area contributed by atoms with E-state index in [9.17, 15) is 5.11 Å². The maximum atomic E-state index is 10.6. The smallest absolute Gasteiger partial charge is 0.217 e. The van der Waals surface area contributed by atoms with Crippen molar-refractivity contribution in [3.05, 3.63) is 46.1 Å². The highest BCUT2D eigenvalue weighted by Crippen LogP contribution is 2.31. The first-order valence-corrected chi connectivity index (χ1v) is 7.46. The molecule has 3 rings (SSSR count). The Morgan fingerprint density at radius 1 is 1.33 bits per heavy atom. The molecular weight excluding hydrogens is 264 g/mol. The average molecular weight is 286 g/mol. The van der Waals surface area contributed by atoms with Crippen LogP contribution in [0.5, 0.6) is 5.88 Å². The van der Waals surface area contributed by atoms with Crippen LogP contribution in [0, 0.1) is 6.92 Å². The molecule has 21 heavy (non-hydrogen) atoms. The molecule has 0 saturated carbocycles. The minimum absolute atomic E-state index is 0.590. The van der Waals surface area contributed by atoms with Crippen molar-refractivity contribution in [2.24, 2.45) is 7.05 Å². The highest BCUT2D eigenvalue weighted by Gasteiger charge is 2.22. The fourth-order valence-electron chi connectivity index (χ4n) is 3.36. The van der Waals surface area contributed by atoms with Gasteiger partial charge in [0.1, 0.15) is 0 Å². The number of hydrogen-bond donors (Lipinski definition) is 1. The number of methoxy groups -OCH3 is 1. The molecule has 112 valence electrons. The van der Waals surface area contributed by atoms with Gasteiger partial charge in [-0.3, -0.25) is 0 Å². The van der Waals surface area contributed by atoms with E-state index in [1.807, 2.05) is 14.0 Å². The number of aromatic nitrogens is 2. The second kappa shape index (κ2) is 5.53. The summed E-state index contributed by atoms with van der Waals surface area (Å²) in [6.45, 7) is 1.91. The molecule has 1 heterocycles. The molecule has 0 fully saturated rings. The molecule has 1 aliphatic carbocycles. The van der Waals surface area contributed by atoms with E-state index < -0.39 is 6.10 Å². The number of aliphatic hydroxyl groups excluding tert-OH is 1. The Morgan fingerprint density at radius 2 is 2.10 bits per heavy atom. The van der Waals surface area contributed by atoms with Gasteiger partial charge >= 0.3 is 0 Å². The Hall–Kier alpha value is -1.81. The first-order valence-electron chi connectivity index (χ1n) is 7.46. The van der Waals surface area contributed by atoms with Gasteiger partial charge in [-0.25, -0.2) is 4.68 Å². The number of hydrogen-bond acceptors (Lipinski definition) is 3. The highest BCUT2D eigenvalue weighted by molar-refractivity contribution is 5.38. The Kier molecular flexibility index (Phi) is 3.72. The summed E-state index contributed by atoms with van der Waals surface area (Å²) in [5, 5.41) is 14.9. The van der Waals surface area contributed by atoms with Gasteiger partial charge in [-0.05, 0) is 42.9 Å². The molecule has 2 aromatic rings. The molecule has 0 saturated heterocycles. The lowest BCUT2D eigenvalue weighted by Gasteiger charge is -2.13. The third-order valence-electron chi connectivity index (χ3n) is 4.33. The van der Waals surface area contributed by atoms with Gasteiger partial charge in [-0.1, -0.05) is 18.2 Å². The Bertz CT molecular complexity index is 661. The summed E-state index contributed by atoms with van der Waals surface area (Å²) >= 11 is 0. The number of aliphatic hydroxyl groups is 1. The number of nitrogens with zero attached hydrogens (tertiary/aromatic N) is 2. The zero-order valence-corrected chi connectivity index (χ0v) is 12.9. The summed E-state index contributed by atoms with van der Waals surface area (Å²) in [7, 11) is 3.44. The first kappa shape index (κ1) is 14.1. The number of rotatable bonds is 4. The monoisotopic (exact) mass is 286 g/mol. The zero-order valence-electron chi connectivity index (χ0n) is 12.9. The second-order valence-electron chi connectivity index (χ2n) is 5.81. The lowest BCUT2D eigenvalue weighted by molar-refractivity contribution is 0.172. The summed E-state index contributed by atoms with van der Waals surface area (Å²) < 4.78 is 7.05. The topological polar surface area (TPSA) is 47.3 Å². The molecule has 1 aromatic heterocycles. The van der Waals surface area contributed by atoms with Crippen molar-refractivity contribution < 1.29 is 9.84 Å². The highest BCUT2D eigenvalue weighted by atomic mass is 16.5. The normalized spacial score (nSPS) is 15.0. The molecule has 1 aromatic carbocycles. The van der Waals surface area contributed by atoms with Crippen molar-refractivity contribution in [2.45, 2.75) is 38.7 Å². The lowest BCUT2D eigenvalue weighted by atomic mass is 9.98. The molecule has 0 bridgehead atoms. The lowest BCUT2D eigenvalue weighted by Crippen LogP contribution is -2.05. The van der Waals surface area contributed by atoms with Crippen LogP contribution in [0.4, 0.5) is 0 Å². The second-order valence-corrected chi connectivity index (χ2v) is 5.81. The molecular formula is C17H22N2O2. The van der Waals surface area contributed by atoms with E-state index in [4.69, 9.17) is 4.74 Å². The van der Waals surface area contributed by atoms with Crippen molar-refractivity contribution in [3.8, 4) is 5.88 Å². The van der Waals surface area contributed by atoms with Gasteiger partial charge in [0.15, 0.2) is 0 Å². The predicted octanol–water partition coefficient (Wildman–Crippen LogP) is 2.50. The largest absolute Gasteiger partial charge is 0.481 e. The molecule has 4 nitrogen and oxygen atoms in total. The third-order valence-corrected chi connectivity index (χ3v) is 4.33. The van der Waals surface area contributed by atoms with Gasteiger partial charge in [0, 0.05) is 13.5 Å². The maximum Gasteiger partial charge on any atom is 0.217 e. The third kappa shape index (κ3) is 2.56. The van der Waals surface area contributed by atoms with Gasteiger partial charge in [0.05, 0.1) is 24.5 Å². The van der Waals surface area contributed by atoms with Crippen LogP contribution in [-0.2, 0) is 26.3 Å². The molecule has 0 amide bonds. The average Bonchev–Trinajstić information content (AvgIpc) is 3.01. The van der Waals surface area contributed by atoms with Crippen LogP contribution in [0.3, 0.4) is 0 Å². The van der Waals surface area contributed by atoms with E-state index in [2.05, 4.69) is 23.3 Å². The minimum atomic E-state index is -0.590. The maximum absolute atomic E-state index is 10.6. The standard InChI is InChI=1S/C17H22N2O2/c1-11-16(17(21-3)19(2)18-11)15(20)10-12-7-8-13-5-4-6-14(13)9-12/h7-9,15,20H,4-6,10H2,1-3H3. The van der Waals surface area contributed by atoms with Crippen LogP contribution in [0.1, 0.15) is 40.5 Å². The minimum Gasteiger partial charge on any atom is -0.481 e. The van der Waals surface area contributed by atoms with Crippen LogP contribution in [0.15, 0.2) is 18.2 Å². The summed E-state index contributed by atoms with van der Waals surface area (Å²) in [5.41, 5.74) is 5.69. The SMILES string of the molecule is COc1c(C(O)Cc2ccc3c(c2)CCC3)c(C)nn1C. The summed E-state index contributed by atoms with van der Waals surface area (Å²) in [5.74, 6) is 0.640. The van der Waals surface area contributed by atoms with Crippen LogP contribution in [-0.4, -0.2) is 22.0 Å². The molecule has 1 N–H and O–H groups in total. The van der Waals surface area contributed by atoms with Crippen molar-refractivity contribution in [1.29, 1.82) is 0 Å². The van der Waals surface area contributed by atoms with E-state index in [0.717, 1.165) is 17.7 Å². The van der Waals surface area contributed by atoms with Crippen molar-refractivity contribution in [2.75, 3.05) is 7.11 Å². The van der Waals surface area contributed by atoms with Gasteiger partial charge in [0.25, 0.3) is 0 Å². The van der Waals surface area contributed by atoms with Crippen LogP contribution in [0.25, 0.3) is 0 Å². The molecule has 1 atom stereocenters. The quantitative estimate of drug-likeness (QED) is 0.939. The van der Waals surface area contributed by atoms with Crippen molar-refractivity contribution in [3.63, 3.8) is 0 Å². The number of fused-ring (bicyclic) bond motifs is 1. The summed E-state index contributed by atoms with van der Waals surface area (Å²) in [6, 6.07) is 6.58. The van der Waals surface area contributed by atoms with Crippen molar-refractivity contribution >= 4 is 0 Å². The summed E-state index contributed by atoms with van der Waals surface area (Å²) in [4.78, 5) is 0. The van der Waals surface area contributed by atoms with Gasteiger partial charge < -0.3 is 9.84 Å². The number of aryl methyl sites for hydroxylation is 4. The Labute approximate surface area is 125 Å². The van der Waals surface area contributed by atoms with E-state index in [-0.39, 0.29) is 0 Å². The number of benzene rings is 1. The van der Waals surface area contributed by atoms with E-state index in [1.165, 1.54) is 29.5 Å². The zero-order chi connectivity index (χ0) is 15.0. The molecule has 0 aliphatic heterocycles. The molecule has 0 radical (unpaired) electrons. The van der Waals surface area contributed by atoms with Crippen molar-refractivity contribution in [1.82, 2.24) is 9.78 Å². The molecule has 1 unspecified atom stereocenters. The van der Waals surface area contributed by atoms with E-state index in [1.54, 1.807) is 11.8 Å².